The Kier molecular flexibility index (Phi) is 3.59. The van der Waals surface area contributed by atoms with Gasteiger partial charge < -0.3 is 9.31 Å². The van der Waals surface area contributed by atoms with E-state index in [4.69, 9.17) is 9.31 Å². The standard InChI is InChI=1S/C17H27BO2/c1-12-9-10-13(11-14(12)15(2,3)4)18-19-16(5,6)17(7,8)20-18/h9-11H,1-8H3. The zero-order valence-electron chi connectivity index (χ0n) is 14.1. The van der Waals surface area contributed by atoms with Crippen LogP contribution in [0.1, 0.15) is 59.6 Å². The molecule has 0 atom stereocenters. The first-order chi connectivity index (χ1) is 8.94. The summed E-state index contributed by atoms with van der Waals surface area (Å²) in [5, 5.41) is 0. The third-order valence-corrected chi connectivity index (χ3v) is 4.60. The van der Waals surface area contributed by atoms with E-state index in [9.17, 15) is 0 Å². The summed E-state index contributed by atoms with van der Waals surface area (Å²) in [6.45, 7) is 17.2. The second-order valence-corrected chi connectivity index (χ2v) is 7.91. The van der Waals surface area contributed by atoms with E-state index in [2.05, 4.69) is 73.6 Å². The smallest absolute Gasteiger partial charge is 0.399 e. The lowest BCUT2D eigenvalue weighted by atomic mass is 9.74. The molecule has 110 valence electrons. The molecule has 3 heteroatoms. The van der Waals surface area contributed by atoms with Crippen LogP contribution < -0.4 is 5.46 Å². The maximum Gasteiger partial charge on any atom is 0.494 e. The first-order valence-electron chi connectivity index (χ1n) is 7.41. The van der Waals surface area contributed by atoms with Crippen LogP contribution in [-0.2, 0) is 14.7 Å². The van der Waals surface area contributed by atoms with Gasteiger partial charge in [0.25, 0.3) is 0 Å². The summed E-state index contributed by atoms with van der Waals surface area (Å²) in [5.41, 5.74) is 3.33. The minimum atomic E-state index is -0.287. The first kappa shape index (κ1) is 15.6. The van der Waals surface area contributed by atoms with Crippen molar-refractivity contribution >= 4 is 12.6 Å². The Morgan fingerprint density at radius 3 is 1.90 bits per heavy atom. The summed E-state index contributed by atoms with van der Waals surface area (Å²) in [6, 6.07) is 6.52. The van der Waals surface area contributed by atoms with Gasteiger partial charge in [-0.25, -0.2) is 0 Å². The maximum atomic E-state index is 6.14. The molecule has 0 aromatic heterocycles. The van der Waals surface area contributed by atoms with Crippen LogP contribution in [0, 0.1) is 6.92 Å². The summed E-state index contributed by atoms with van der Waals surface area (Å²) in [5.74, 6) is 0. The third-order valence-electron chi connectivity index (χ3n) is 4.60. The van der Waals surface area contributed by atoms with Gasteiger partial charge in [-0.05, 0) is 56.6 Å². The first-order valence-corrected chi connectivity index (χ1v) is 7.41. The Labute approximate surface area is 124 Å². The molecule has 20 heavy (non-hydrogen) atoms. The van der Waals surface area contributed by atoms with Crippen LogP contribution in [0.2, 0.25) is 0 Å². The quantitative estimate of drug-likeness (QED) is 0.729. The van der Waals surface area contributed by atoms with Crippen LogP contribution in [0.25, 0.3) is 0 Å². The number of benzene rings is 1. The second-order valence-electron chi connectivity index (χ2n) is 7.91. The van der Waals surface area contributed by atoms with Gasteiger partial charge in [0.2, 0.25) is 0 Å². The number of hydrogen-bond acceptors (Lipinski definition) is 2. The van der Waals surface area contributed by atoms with E-state index in [1.807, 2.05) is 0 Å². The average molecular weight is 274 g/mol. The highest BCUT2D eigenvalue weighted by atomic mass is 16.7. The van der Waals surface area contributed by atoms with Crippen molar-refractivity contribution in [3.63, 3.8) is 0 Å². The molecular weight excluding hydrogens is 247 g/mol. The highest BCUT2D eigenvalue weighted by Crippen LogP contribution is 2.36. The summed E-state index contributed by atoms with van der Waals surface area (Å²) < 4.78 is 12.3. The average Bonchev–Trinajstić information content (AvgIpc) is 2.47. The third kappa shape index (κ3) is 2.66. The van der Waals surface area contributed by atoms with Crippen LogP contribution in [0.5, 0.6) is 0 Å². The van der Waals surface area contributed by atoms with Crippen molar-refractivity contribution in [1.29, 1.82) is 0 Å². The molecule has 0 bridgehead atoms. The van der Waals surface area contributed by atoms with Crippen molar-refractivity contribution in [2.24, 2.45) is 0 Å². The van der Waals surface area contributed by atoms with E-state index in [1.54, 1.807) is 0 Å². The molecule has 1 heterocycles. The van der Waals surface area contributed by atoms with E-state index in [-0.39, 0.29) is 23.7 Å². The van der Waals surface area contributed by atoms with Gasteiger partial charge in [0.15, 0.2) is 0 Å². The molecule has 1 aliphatic heterocycles. The van der Waals surface area contributed by atoms with Crippen LogP contribution in [0.3, 0.4) is 0 Å². The van der Waals surface area contributed by atoms with Gasteiger partial charge in [-0.2, -0.15) is 0 Å². The molecular formula is C17H27BO2. The Morgan fingerprint density at radius 2 is 1.45 bits per heavy atom. The van der Waals surface area contributed by atoms with Crippen LogP contribution in [-0.4, -0.2) is 18.3 Å². The van der Waals surface area contributed by atoms with Gasteiger partial charge in [0.1, 0.15) is 0 Å². The van der Waals surface area contributed by atoms with Gasteiger partial charge in [-0.3, -0.25) is 0 Å². The molecule has 0 unspecified atom stereocenters. The fraction of sp³-hybridized carbons (Fsp3) is 0.647. The van der Waals surface area contributed by atoms with E-state index in [0.29, 0.717) is 0 Å². The molecule has 1 fully saturated rings. The molecule has 0 radical (unpaired) electrons. The van der Waals surface area contributed by atoms with E-state index >= 15 is 0 Å². The monoisotopic (exact) mass is 274 g/mol. The van der Waals surface area contributed by atoms with Crippen molar-refractivity contribution in [3.8, 4) is 0 Å². The van der Waals surface area contributed by atoms with Crippen molar-refractivity contribution in [1.82, 2.24) is 0 Å². The highest BCUT2D eigenvalue weighted by Gasteiger charge is 2.51. The molecule has 2 rings (SSSR count). The van der Waals surface area contributed by atoms with Gasteiger partial charge in [0, 0.05) is 0 Å². The largest absolute Gasteiger partial charge is 0.494 e. The van der Waals surface area contributed by atoms with Crippen molar-refractivity contribution in [3.05, 3.63) is 29.3 Å². The van der Waals surface area contributed by atoms with Crippen molar-refractivity contribution < 1.29 is 9.31 Å². The molecule has 2 nitrogen and oxygen atoms in total. The lowest BCUT2D eigenvalue weighted by Crippen LogP contribution is -2.41. The van der Waals surface area contributed by atoms with Crippen LogP contribution in [0.4, 0.5) is 0 Å². The van der Waals surface area contributed by atoms with Gasteiger partial charge in [-0.15, -0.1) is 0 Å². The zero-order chi connectivity index (χ0) is 15.3. The minimum Gasteiger partial charge on any atom is -0.399 e. The van der Waals surface area contributed by atoms with E-state index < -0.39 is 0 Å². The Hall–Kier alpha value is -0.795. The zero-order valence-corrected chi connectivity index (χ0v) is 14.1. The number of hydrogen-bond donors (Lipinski definition) is 0. The Balaban J connectivity index is 2.37. The fourth-order valence-corrected chi connectivity index (χ4v) is 2.57. The molecule has 1 aromatic carbocycles. The summed E-state index contributed by atoms with van der Waals surface area (Å²) in [6.07, 6.45) is 0. The van der Waals surface area contributed by atoms with Crippen molar-refractivity contribution in [2.45, 2.75) is 72.0 Å². The lowest BCUT2D eigenvalue weighted by Gasteiger charge is -2.32. The summed E-state index contributed by atoms with van der Waals surface area (Å²) in [7, 11) is -0.276. The van der Waals surface area contributed by atoms with Crippen molar-refractivity contribution in [2.75, 3.05) is 0 Å². The minimum absolute atomic E-state index is 0.129. The fourth-order valence-electron chi connectivity index (χ4n) is 2.57. The van der Waals surface area contributed by atoms with Gasteiger partial charge >= 0.3 is 7.12 Å². The lowest BCUT2D eigenvalue weighted by molar-refractivity contribution is 0.00578. The van der Waals surface area contributed by atoms with Crippen LogP contribution in [0.15, 0.2) is 18.2 Å². The number of aryl methyl sites for hydroxylation is 1. The molecule has 0 amide bonds. The van der Waals surface area contributed by atoms with Gasteiger partial charge in [0.05, 0.1) is 11.2 Å². The molecule has 1 saturated heterocycles. The summed E-state index contributed by atoms with van der Waals surface area (Å²) >= 11 is 0. The Morgan fingerprint density at radius 1 is 0.950 bits per heavy atom. The van der Waals surface area contributed by atoms with Gasteiger partial charge in [-0.1, -0.05) is 39.0 Å². The van der Waals surface area contributed by atoms with E-state index in [0.717, 1.165) is 5.46 Å². The van der Waals surface area contributed by atoms with E-state index in [1.165, 1.54) is 11.1 Å². The second kappa shape index (κ2) is 4.61. The highest BCUT2D eigenvalue weighted by molar-refractivity contribution is 6.62. The molecule has 1 aromatic rings. The molecule has 0 saturated carbocycles. The number of rotatable bonds is 1. The SMILES string of the molecule is Cc1ccc(B2OC(C)(C)C(C)(C)O2)cc1C(C)(C)C. The predicted molar refractivity (Wildman–Crippen MR) is 85.6 cm³/mol. The molecule has 0 aliphatic carbocycles. The molecule has 0 N–H and O–H groups in total. The van der Waals surface area contributed by atoms with Crippen LogP contribution >= 0.6 is 0 Å². The Bertz CT molecular complexity index is 496. The maximum absolute atomic E-state index is 6.14. The normalized spacial score (nSPS) is 21.3. The topological polar surface area (TPSA) is 18.5 Å². The predicted octanol–water partition coefficient (Wildman–Crippen LogP) is 3.59. The summed E-state index contributed by atoms with van der Waals surface area (Å²) in [4.78, 5) is 0. The molecule has 1 aliphatic rings. The molecule has 0 spiro atoms.